The molecule has 2 unspecified atom stereocenters. The van der Waals surface area contributed by atoms with E-state index in [0.717, 1.165) is 38.6 Å². The van der Waals surface area contributed by atoms with E-state index < -0.39 is 6.10 Å². The van der Waals surface area contributed by atoms with Crippen molar-refractivity contribution in [1.82, 2.24) is 10.2 Å². The van der Waals surface area contributed by atoms with Gasteiger partial charge < -0.3 is 20.1 Å². The van der Waals surface area contributed by atoms with E-state index in [1.807, 2.05) is 25.1 Å². The molecule has 0 aliphatic carbocycles. The van der Waals surface area contributed by atoms with E-state index >= 15 is 0 Å². The van der Waals surface area contributed by atoms with Gasteiger partial charge in [-0.05, 0) is 36.6 Å². The molecule has 1 saturated heterocycles. The molecule has 7 heteroatoms. The largest absolute Gasteiger partial charge is 0.386 e. The van der Waals surface area contributed by atoms with Crippen molar-refractivity contribution in [3.8, 4) is 0 Å². The number of nitrogens with zero attached hydrogens (tertiary/aromatic N) is 2. The van der Waals surface area contributed by atoms with Crippen molar-refractivity contribution in [2.24, 2.45) is 10.9 Å². The molecule has 1 fully saturated rings. The van der Waals surface area contributed by atoms with Crippen molar-refractivity contribution in [3.63, 3.8) is 0 Å². The summed E-state index contributed by atoms with van der Waals surface area (Å²) in [6.45, 7) is 6.18. The summed E-state index contributed by atoms with van der Waals surface area (Å²) in [5.41, 5.74) is 1.85. The smallest absolute Gasteiger partial charge is 0.194 e. The van der Waals surface area contributed by atoms with Crippen molar-refractivity contribution >= 4 is 29.9 Å². The van der Waals surface area contributed by atoms with Crippen LogP contribution in [0, 0.1) is 11.7 Å². The number of aliphatic imine (C=N–C) groups is 1. The molecule has 0 spiro atoms. The lowest BCUT2D eigenvalue weighted by Gasteiger charge is -2.22. The number of halogens is 2. The molecule has 30 heavy (non-hydrogen) atoms. The molecule has 3 rings (SSSR count). The lowest BCUT2D eigenvalue weighted by atomic mass is 10.1. The van der Waals surface area contributed by atoms with Crippen LogP contribution in [0.1, 0.15) is 30.6 Å². The molecule has 5 nitrogen and oxygen atoms in total. The molecule has 1 heterocycles. The third-order valence-corrected chi connectivity index (χ3v) is 5.05. The Morgan fingerprint density at radius 1 is 1.23 bits per heavy atom. The summed E-state index contributed by atoms with van der Waals surface area (Å²) < 4.78 is 19.0. The standard InChI is InChI=1S/C23H30FN3O2.HI/c1-2-25-23(26-14-22(28)20-8-10-21(24)11-9-20)27-13-12-19(15-27)17-29-16-18-6-4-3-5-7-18;/h3-11,19,22,28H,2,12-17H2,1H3,(H,25,26);1H. The molecule has 164 valence electrons. The van der Waals surface area contributed by atoms with E-state index in [1.165, 1.54) is 17.7 Å². The lowest BCUT2D eigenvalue weighted by Crippen LogP contribution is -2.40. The molecule has 0 saturated carbocycles. The molecular weight excluding hydrogens is 496 g/mol. The molecular formula is C23H31FIN3O2. The second-order valence-electron chi connectivity index (χ2n) is 7.36. The van der Waals surface area contributed by atoms with Crippen LogP contribution in [-0.4, -0.2) is 48.8 Å². The van der Waals surface area contributed by atoms with Crippen LogP contribution in [0.4, 0.5) is 4.39 Å². The van der Waals surface area contributed by atoms with Gasteiger partial charge in [0.25, 0.3) is 0 Å². The van der Waals surface area contributed by atoms with E-state index in [1.54, 1.807) is 12.1 Å². The zero-order valence-electron chi connectivity index (χ0n) is 17.3. The minimum atomic E-state index is -0.753. The maximum atomic E-state index is 13.1. The van der Waals surface area contributed by atoms with Gasteiger partial charge in [-0.15, -0.1) is 24.0 Å². The van der Waals surface area contributed by atoms with Crippen molar-refractivity contribution in [2.75, 3.05) is 32.8 Å². The Morgan fingerprint density at radius 3 is 2.67 bits per heavy atom. The number of rotatable bonds is 8. The van der Waals surface area contributed by atoms with Crippen LogP contribution >= 0.6 is 24.0 Å². The molecule has 1 aliphatic rings. The molecule has 0 amide bonds. The maximum absolute atomic E-state index is 13.1. The Kier molecular flexibility index (Phi) is 10.5. The highest BCUT2D eigenvalue weighted by molar-refractivity contribution is 14.0. The normalized spacial score (nSPS) is 17.5. The van der Waals surface area contributed by atoms with Crippen LogP contribution in [0.2, 0.25) is 0 Å². The molecule has 1 aliphatic heterocycles. The molecule has 2 aromatic rings. The number of guanidine groups is 1. The number of hydrogen-bond donors (Lipinski definition) is 2. The summed E-state index contributed by atoms with van der Waals surface area (Å²) in [7, 11) is 0. The third kappa shape index (κ3) is 7.52. The Labute approximate surface area is 195 Å². The molecule has 0 aromatic heterocycles. The predicted molar refractivity (Wildman–Crippen MR) is 129 cm³/mol. The van der Waals surface area contributed by atoms with E-state index in [-0.39, 0.29) is 36.3 Å². The van der Waals surface area contributed by atoms with Crippen LogP contribution in [-0.2, 0) is 11.3 Å². The first-order valence-corrected chi connectivity index (χ1v) is 10.2. The first-order chi connectivity index (χ1) is 14.2. The highest BCUT2D eigenvalue weighted by atomic mass is 127. The van der Waals surface area contributed by atoms with Crippen molar-refractivity contribution in [3.05, 3.63) is 71.5 Å². The third-order valence-electron chi connectivity index (χ3n) is 5.05. The Hall–Kier alpha value is -1.71. The van der Waals surface area contributed by atoms with Gasteiger partial charge in [0.2, 0.25) is 0 Å². The van der Waals surface area contributed by atoms with Gasteiger partial charge in [0.05, 0.1) is 25.9 Å². The van der Waals surface area contributed by atoms with Gasteiger partial charge in [-0.25, -0.2) is 4.39 Å². The van der Waals surface area contributed by atoms with E-state index in [4.69, 9.17) is 4.74 Å². The topological polar surface area (TPSA) is 57.1 Å². The maximum Gasteiger partial charge on any atom is 0.194 e. The summed E-state index contributed by atoms with van der Waals surface area (Å²) in [5.74, 6) is 0.958. The quantitative estimate of drug-likeness (QED) is 0.310. The number of nitrogens with one attached hydrogen (secondary N) is 1. The Bertz CT molecular complexity index is 774. The van der Waals surface area contributed by atoms with Crippen LogP contribution in [0.15, 0.2) is 59.6 Å². The van der Waals surface area contributed by atoms with Gasteiger partial charge in [-0.1, -0.05) is 42.5 Å². The molecule has 0 bridgehead atoms. The zero-order valence-corrected chi connectivity index (χ0v) is 19.7. The average molecular weight is 527 g/mol. The summed E-state index contributed by atoms with van der Waals surface area (Å²) in [6, 6.07) is 16.1. The van der Waals surface area contributed by atoms with E-state index in [0.29, 0.717) is 18.1 Å². The van der Waals surface area contributed by atoms with E-state index in [2.05, 4.69) is 27.3 Å². The Balaban J connectivity index is 0.00000320. The summed E-state index contributed by atoms with van der Waals surface area (Å²) in [4.78, 5) is 6.82. The highest BCUT2D eigenvalue weighted by Gasteiger charge is 2.25. The summed E-state index contributed by atoms with van der Waals surface area (Å²) >= 11 is 0. The van der Waals surface area contributed by atoms with Crippen LogP contribution in [0.3, 0.4) is 0 Å². The lowest BCUT2D eigenvalue weighted by molar-refractivity contribution is 0.0906. The van der Waals surface area contributed by atoms with Crippen molar-refractivity contribution in [1.29, 1.82) is 0 Å². The van der Waals surface area contributed by atoms with Crippen LogP contribution < -0.4 is 5.32 Å². The first-order valence-electron chi connectivity index (χ1n) is 10.2. The molecule has 2 aromatic carbocycles. The Morgan fingerprint density at radius 2 is 1.97 bits per heavy atom. The highest BCUT2D eigenvalue weighted by Crippen LogP contribution is 2.18. The van der Waals surface area contributed by atoms with E-state index in [9.17, 15) is 9.50 Å². The fourth-order valence-corrected chi connectivity index (χ4v) is 3.47. The van der Waals surface area contributed by atoms with Gasteiger partial charge in [0.15, 0.2) is 5.96 Å². The van der Waals surface area contributed by atoms with Crippen LogP contribution in [0.5, 0.6) is 0 Å². The summed E-state index contributed by atoms with van der Waals surface area (Å²) in [6.07, 6.45) is 0.302. The van der Waals surface area contributed by atoms with Gasteiger partial charge in [0.1, 0.15) is 5.82 Å². The van der Waals surface area contributed by atoms with Gasteiger partial charge >= 0.3 is 0 Å². The zero-order chi connectivity index (χ0) is 20.5. The second kappa shape index (κ2) is 12.9. The second-order valence-corrected chi connectivity index (χ2v) is 7.36. The number of hydrogen-bond acceptors (Lipinski definition) is 3. The molecule has 0 radical (unpaired) electrons. The first kappa shape index (κ1) is 24.6. The SMILES string of the molecule is CCNC(=NCC(O)c1ccc(F)cc1)N1CCC(COCc2ccccc2)C1.I. The minimum Gasteiger partial charge on any atom is -0.386 e. The predicted octanol–water partition coefficient (Wildman–Crippen LogP) is 3.98. The molecule has 2 N–H and O–H groups in total. The monoisotopic (exact) mass is 527 g/mol. The minimum absolute atomic E-state index is 0. The molecule has 2 atom stereocenters. The number of aliphatic hydroxyl groups is 1. The van der Waals surface area contributed by atoms with Crippen molar-refractivity contribution < 1.29 is 14.2 Å². The van der Waals surface area contributed by atoms with Gasteiger partial charge in [0, 0.05) is 25.6 Å². The summed E-state index contributed by atoms with van der Waals surface area (Å²) in [5, 5.41) is 13.7. The number of aliphatic hydroxyl groups excluding tert-OH is 1. The number of benzene rings is 2. The van der Waals surface area contributed by atoms with Gasteiger partial charge in [-0.2, -0.15) is 0 Å². The fraction of sp³-hybridized carbons (Fsp3) is 0.435. The van der Waals surface area contributed by atoms with Crippen LogP contribution in [0.25, 0.3) is 0 Å². The van der Waals surface area contributed by atoms with Gasteiger partial charge in [-0.3, -0.25) is 4.99 Å². The number of likely N-dealkylation sites (tertiary alicyclic amines) is 1. The number of ether oxygens (including phenoxy) is 1. The van der Waals surface area contributed by atoms with Crippen molar-refractivity contribution in [2.45, 2.75) is 26.1 Å². The average Bonchev–Trinajstić information content (AvgIpc) is 3.21. The fourth-order valence-electron chi connectivity index (χ4n) is 3.47.